The number of rotatable bonds is 3. The summed E-state index contributed by atoms with van der Waals surface area (Å²) in [7, 11) is 0. The molecule has 0 unspecified atom stereocenters. The van der Waals surface area contributed by atoms with Crippen LogP contribution < -0.4 is 0 Å². The minimum atomic E-state index is -0.418. The minimum Gasteiger partial charge on any atom is -0.492 e. The molecule has 1 aromatic carbocycles. The predicted octanol–water partition coefficient (Wildman–Crippen LogP) is 3.14. The summed E-state index contributed by atoms with van der Waals surface area (Å²) in [5.74, 6) is 0.318. The highest BCUT2D eigenvalue weighted by molar-refractivity contribution is 7.17. The van der Waals surface area contributed by atoms with E-state index >= 15 is 0 Å². The number of thiazole rings is 1. The fourth-order valence-corrected chi connectivity index (χ4v) is 4.81. The number of hydrogen-bond donors (Lipinski definition) is 1. The number of aryl methyl sites for hydroxylation is 1. The van der Waals surface area contributed by atoms with Gasteiger partial charge in [-0.15, -0.1) is 5.10 Å². The van der Waals surface area contributed by atoms with Crippen LogP contribution in [0.25, 0.3) is 4.96 Å². The third kappa shape index (κ3) is 2.98. The van der Waals surface area contributed by atoms with Gasteiger partial charge in [0.1, 0.15) is 11.6 Å². The van der Waals surface area contributed by atoms with Gasteiger partial charge in [0.2, 0.25) is 10.8 Å². The first-order valence-electron chi connectivity index (χ1n) is 8.63. The van der Waals surface area contributed by atoms with E-state index in [2.05, 4.69) is 15.0 Å². The molecule has 3 heterocycles. The molecule has 4 rings (SSSR count). The summed E-state index contributed by atoms with van der Waals surface area (Å²) in [5, 5.41) is 15.0. The maximum absolute atomic E-state index is 14.7. The smallest absolute Gasteiger partial charge is 0.230 e. The van der Waals surface area contributed by atoms with Gasteiger partial charge in [-0.25, -0.2) is 9.37 Å². The molecule has 0 bridgehead atoms. The van der Waals surface area contributed by atoms with Crippen LogP contribution in [0, 0.1) is 12.7 Å². The summed E-state index contributed by atoms with van der Waals surface area (Å²) in [6.45, 7) is 7.09. The van der Waals surface area contributed by atoms with Gasteiger partial charge in [-0.1, -0.05) is 29.5 Å². The van der Waals surface area contributed by atoms with Crippen LogP contribution in [0.1, 0.15) is 36.2 Å². The van der Waals surface area contributed by atoms with Crippen LogP contribution in [-0.2, 0) is 4.74 Å². The van der Waals surface area contributed by atoms with Gasteiger partial charge >= 0.3 is 0 Å². The van der Waals surface area contributed by atoms with Crippen molar-refractivity contribution in [3.05, 3.63) is 46.3 Å². The van der Waals surface area contributed by atoms with Crippen LogP contribution in [0.2, 0.25) is 0 Å². The number of morpholine rings is 1. The SMILES string of the molecule is Cc1nc2sc([C@H](c3ccccc3F)N3C[C@@H](C)O[C@@H](C)C3)c(O)n2n1. The lowest BCUT2D eigenvalue weighted by atomic mass is 10.0. The lowest BCUT2D eigenvalue weighted by molar-refractivity contribution is -0.0767. The second-order valence-electron chi connectivity index (χ2n) is 6.78. The number of nitrogens with zero attached hydrogens (tertiary/aromatic N) is 4. The van der Waals surface area contributed by atoms with Crippen molar-refractivity contribution in [1.82, 2.24) is 19.5 Å². The molecule has 0 aliphatic carbocycles. The predicted molar refractivity (Wildman–Crippen MR) is 97.1 cm³/mol. The summed E-state index contributed by atoms with van der Waals surface area (Å²) in [6, 6.07) is 6.29. The van der Waals surface area contributed by atoms with Crippen molar-refractivity contribution in [3.63, 3.8) is 0 Å². The molecule has 2 aromatic heterocycles. The Morgan fingerprint density at radius 2 is 1.96 bits per heavy atom. The molecule has 0 saturated carbocycles. The van der Waals surface area contributed by atoms with Crippen LogP contribution in [-0.4, -0.2) is 49.9 Å². The molecular formula is C18H21FN4O2S. The van der Waals surface area contributed by atoms with Crippen molar-refractivity contribution in [2.75, 3.05) is 13.1 Å². The maximum atomic E-state index is 14.7. The Labute approximate surface area is 154 Å². The Morgan fingerprint density at radius 1 is 1.27 bits per heavy atom. The fourth-order valence-electron chi connectivity index (χ4n) is 3.66. The molecule has 1 saturated heterocycles. The monoisotopic (exact) mass is 376 g/mol. The highest BCUT2D eigenvalue weighted by Crippen LogP contribution is 2.41. The number of halogens is 1. The molecule has 1 N–H and O–H groups in total. The van der Waals surface area contributed by atoms with Gasteiger partial charge < -0.3 is 9.84 Å². The van der Waals surface area contributed by atoms with Gasteiger partial charge in [-0.05, 0) is 26.8 Å². The maximum Gasteiger partial charge on any atom is 0.230 e. The summed E-state index contributed by atoms with van der Waals surface area (Å²) in [6.07, 6.45) is 0.0548. The van der Waals surface area contributed by atoms with Gasteiger partial charge in [0.15, 0.2) is 0 Å². The average molecular weight is 376 g/mol. The first-order chi connectivity index (χ1) is 12.4. The molecule has 1 aliphatic rings. The lowest BCUT2D eigenvalue weighted by Crippen LogP contribution is -2.47. The van der Waals surface area contributed by atoms with E-state index in [-0.39, 0.29) is 23.9 Å². The molecule has 8 heteroatoms. The molecule has 1 aliphatic heterocycles. The van der Waals surface area contributed by atoms with Crippen molar-refractivity contribution in [3.8, 4) is 5.88 Å². The Hall–Kier alpha value is -2.03. The number of hydrogen-bond acceptors (Lipinski definition) is 6. The van der Waals surface area contributed by atoms with Gasteiger partial charge in [-0.3, -0.25) is 4.90 Å². The van der Waals surface area contributed by atoms with Crippen LogP contribution in [0.5, 0.6) is 5.88 Å². The lowest BCUT2D eigenvalue weighted by Gasteiger charge is -2.40. The van der Waals surface area contributed by atoms with Gasteiger partial charge in [0, 0.05) is 18.7 Å². The third-order valence-electron chi connectivity index (χ3n) is 4.57. The highest BCUT2D eigenvalue weighted by atomic mass is 32.1. The van der Waals surface area contributed by atoms with E-state index in [9.17, 15) is 9.50 Å². The second-order valence-corrected chi connectivity index (χ2v) is 7.79. The first-order valence-corrected chi connectivity index (χ1v) is 9.44. The standard InChI is InChI=1S/C18H21FN4O2S/c1-10-8-22(9-11(2)25-10)15(13-6-4-5-7-14(13)19)16-17(24)23-18(26-16)20-12(3)21-23/h4-7,10-11,15,24H,8-9H2,1-3H3/t10-,11+,15-/m0/s1. The average Bonchev–Trinajstić information content (AvgIpc) is 3.07. The van der Waals surface area contributed by atoms with E-state index in [1.54, 1.807) is 19.1 Å². The number of fused-ring (bicyclic) bond motifs is 1. The molecule has 0 amide bonds. The van der Waals surface area contributed by atoms with Crippen molar-refractivity contribution in [2.24, 2.45) is 0 Å². The Kier molecular flexibility index (Phi) is 4.42. The topological polar surface area (TPSA) is 62.9 Å². The zero-order valence-electron chi connectivity index (χ0n) is 14.9. The van der Waals surface area contributed by atoms with Gasteiger partial charge in [-0.2, -0.15) is 4.52 Å². The zero-order chi connectivity index (χ0) is 18.4. The first kappa shape index (κ1) is 17.4. The highest BCUT2D eigenvalue weighted by Gasteiger charge is 2.35. The Bertz CT molecular complexity index is 931. The number of aromatic hydroxyl groups is 1. The van der Waals surface area contributed by atoms with Crippen molar-refractivity contribution in [2.45, 2.75) is 39.0 Å². The van der Waals surface area contributed by atoms with Crippen LogP contribution >= 0.6 is 11.3 Å². The molecule has 138 valence electrons. The van der Waals surface area contributed by atoms with Crippen LogP contribution in [0.4, 0.5) is 4.39 Å². The largest absolute Gasteiger partial charge is 0.492 e. The van der Waals surface area contributed by atoms with Gasteiger partial charge in [0.25, 0.3) is 0 Å². The van der Waals surface area contributed by atoms with Crippen molar-refractivity contribution in [1.29, 1.82) is 0 Å². The molecule has 0 spiro atoms. The molecule has 6 nitrogen and oxygen atoms in total. The second kappa shape index (κ2) is 6.61. The van der Waals surface area contributed by atoms with E-state index in [0.29, 0.717) is 34.3 Å². The molecule has 3 atom stereocenters. The Morgan fingerprint density at radius 3 is 2.62 bits per heavy atom. The molecular weight excluding hydrogens is 355 g/mol. The van der Waals surface area contributed by atoms with E-state index < -0.39 is 6.04 Å². The summed E-state index contributed by atoms with van der Waals surface area (Å²) in [5.41, 5.74) is 0.533. The molecule has 1 fully saturated rings. The van der Waals surface area contributed by atoms with Crippen LogP contribution in [0.15, 0.2) is 24.3 Å². The van der Waals surface area contributed by atoms with E-state index in [1.807, 2.05) is 19.9 Å². The normalized spacial score (nSPS) is 22.8. The van der Waals surface area contributed by atoms with Crippen molar-refractivity contribution >= 4 is 16.3 Å². The fraction of sp³-hybridized carbons (Fsp3) is 0.444. The van der Waals surface area contributed by atoms with Gasteiger partial charge in [0.05, 0.1) is 23.1 Å². The van der Waals surface area contributed by atoms with E-state index in [4.69, 9.17) is 4.74 Å². The quantitative estimate of drug-likeness (QED) is 0.761. The van der Waals surface area contributed by atoms with E-state index in [0.717, 1.165) is 0 Å². The number of aromatic nitrogens is 3. The number of ether oxygens (including phenoxy) is 1. The minimum absolute atomic E-state index is 0.0191. The molecule has 3 aromatic rings. The Balaban J connectivity index is 1.85. The number of benzene rings is 1. The third-order valence-corrected chi connectivity index (χ3v) is 5.64. The van der Waals surface area contributed by atoms with Crippen molar-refractivity contribution < 1.29 is 14.2 Å². The summed E-state index contributed by atoms with van der Waals surface area (Å²) < 4.78 is 21.9. The summed E-state index contributed by atoms with van der Waals surface area (Å²) >= 11 is 1.34. The molecule has 26 heavy (non-hydrogen) atoms. The van der Waals surface area contributed by atoms with E-state index in [1.165, 1.54) is 21.9 Å². The molecule has 0 radical (unpaired) electrons. The zero-order valence-corrected chi connectivity index (χ0v) is 15.7. The van der Waals surface area contributed by atoms with Crippen LogP contribution in [0.3, 0.4) is 0 Å². The summed E-state index contributed by atoms with van der Waals surface area (Å²) in [4.78, 5) is 7.75.